The van der Waals surface area contributed by atoms with Crippen molar-refractivity contribution in [3.63, 3.8) is 0 Å². The summed E-state index contributed by atoms with van der Waals surface area (Å²) in [6, 6.07) is 11.0. The average Bonchev–Trinajstić information content (AvgIpc) is 3.42. The van der Waals surface area contributed by atoms with Crippen LogP contribution in [0.5, 0.6) is 11.5 Å². The number of nitrogens with two attached hydrogens (primary N) is 2. The zero-order valence-electron chi connectivity index (χ0n) is 23.1. The molecular formula is C28H34N2O10S. The Hall–Kier alpha value is -4.33. The first kappa shape index (κ1) is 32.9. The smallest absolute Gasteiger partial charge is 0.343 e. The maximum Gasteiger partial charge on any atom is 0.343 e. The van der Waals surface area contributed by atoms with Gasteiger partial charge in [-0.2, -0.15) is 8.42 Å². The number of rotatable bonds is 10. The molecule has 2 aromatic carbocycles. The van der Waals surface area contributed by atoms with Crippen LogP contribution in [0.25, 0.3) is 21.9 Å². The molecule has 0 bridgehead atoms. The fourth-order valence-electron chi connectivity index (χ4n) is 4.00. The summed E-state index contributed by atoms with van der Waals surface area (Å²) < 4.78 is 44.3. The topological polar surface area (TPSA) is 195 Å². The number of aryl methyl sites for hydroxylation is 2. The highest BCUT2D eigenvalue weighted by Gasteiger charge is 2.16. The minimum Gasteiger partial charge on any atom is -0.479 e. The summed E-state index contributed by atoms with van der Waals surface area (Å²) in [5.74, 6) is 3.71. The molecule has 0 spiro atoms. The molecule has 2 heterocycles. The first-order valence-electron chi connectivity index (χ1n) is 12.4. The minimum absolute atomic E-state index is 0.137. The quantitative estimate of drug-likeness (QED) is 0.181. The number of fused-ring (bicyclic) bond motifs is 2. The standard InChI is InChI=1S/C14H17NO4.C13H15NO4.CH2O2S/c1-9-10(6-7-15)11-4-3-5-12(14(11)19-9)18-8-13(16)17-2;1-8-9(5-6-14)10-3-2-4-11(13(10)18-8)17-7-12(15)16;1-4(2)3/h3-5H,6-8,15H2,1-2H3;2-4H,5-7,14H2,1H3,(H,15,16);1H2. The lowest BCUT2D eigenvalue weighted by Gasteiger charge is -2.05. The number of hydrogen-bond acceptors (Lipinski definition) is 11. The van der Waals surface area contributed by atoms with Crippen LogP contribution in [-0.4, -0.2) is 64.7 Å². The summed E-state index contributed by atoms with van der Waals surface area (Å²) in [6.07, 6.45) is 1.47. The van der Waals surface area contributed by atoms with Crippen molar-refractivity contribution in [2.24, 2.45) is 11.5 Å². The number of furan rings is 2. The number of carboxylic acid groups (broad SMARTS) is 1. The van der Waals surface area contributed by atoms with Crippen molar-refractivity contribution in [2.45, 2.75) is 26.7 Å². The van der Waals surface area contributed by atoms with Gasteiger partial charge in [0.05, 0.1) is 7.11 Å². The second-order valence-corrected chi connectivity index (χ2v) is 9.08. The first-order chi connectivity index (χ1) is 19.5. The lowest BCUT2D eigenvalue weighted by molar-refractivity contribution is -0.143. The molecule has 4 rings (SSSR count). The summed E-state index contributed by atoms with van der Waals surface area (Å²) in [5, 5.41) is 10.5. The molecule has 222 valence electrons. The molecule has 4 aromatic rings. The van der Waals surface area contributed by atoms with Gasteiger partial charge in [-0.3, -0.25) is 0 Å². The molecule has 0 unspecified atom stereocenters. The van der Waals surface area contributed by atoms with E-state index in [4.69, 9.17) is 43.3 Å². The molecule has 0 aliphatic rings. The zero-order chi connectivity index (χ0) is 30.5. The number of esters is 1. The third-order valence-electron chi connectivity index (χ3n) is 5.68. The van der Waals surface area contributed by atoms with Crippen LogP contribution in [0.3, 0.4) is 0 Å². The maximum absolute atomic E-state index is 11.1. The van der Waals surface area contributed by atoms with Crippen LogP contribution in [0.1, 0.15) is 22.6 Å². The number of carboxylic acids is 1. The number of carbonyl (C=O) groups is 2. The van der Waals surface area contributed by atoms with E-state index in [0.29, 0.717) is 35.8 Å². The van der Waals surface area contributed by atoms with E-state index in [1.165, 1.54) is 7.11 Å². The number of carbonyl (C=O) groups excluding carboxylic acids is 1. The van der Waals surface area contributed by atoms with Crippen LogP contribution in [0.15, 0.2) is 45.2 Å². The van der Waals surface area contributed by atoms with Gasteiger partial charge < -0.3 is 39.6 Å². The third kappa shape index (κ3) is 9.38. The Bertz CT molecular complexity index is 1580. The van der Waals surface area contributed by atoms with E-state index < -0.39 is 22.2 Å². The van der Waals surface area contributed by atoms with E-state index in [2.05, 4.69) is 10.6 Å². The molecule has 0 amide bonds. The average molecular weight is 591 g/mol. The fraction of sp³-hybridized carbons (Fsp3) is 0.321. The summed E-state index contributed by atoms with van der Waals surface area (Å²) >= 11 is 0. The Morgan fingerprint density at radius 1 is 0.854 bits per heavy atom. The normalized spacial score (nSPS) is 10.3. The van der Waals surface area contributed by atoms with Crippen molar-refractivity contribution in [3.8, 4) is 11.5 Å². The van der Waals surface area contributed by atoms with Gasteiger partial charge in [0.15, 0.2) is 35.9 Å². The number of aliphatic carboxylic acids is 1. The molecule has 2 aromatic heterocycles. The van der Waals surface area contributed by atoms with Gasteiger partial charge in [-0.05, 0) is 51.9 Å². The molecule has 0 aliphatic heterocycles. The lowest BCUT2D eigenvalue weighted by atomic mass is 10.1. The van der Waals surface area contributed by atoms with E-state index in [9.17, 15) is 9.59 Å². The van der Waals surface area contributed by atoms with E-state index in [0.717, 1.165) is 46.3 Å². The van der Waals surface area contributed by atoms with Gasteiger partial charge in [-0.25, -0.2) is 9.59 Å². The van der Waals surface area contributed by atoms with Gasteiger partial charge in [0.25, 0.3) is 0 Å². The Labute approximate surface area is 238 Å². The summed E-state index contributed by atoms with van der Waals surface area (Å²) in [7, 11) is -0.789. The first-order valence-corrected chi connectivity index (χ1v) is 13.6. The number of methoxy groups -OCH3 is 1. The molecule has 13 heteroatoms. The van der Waals surface area contributed by atoms with Crippen molar-refractivity contribution < 1.29 is 46.2 Å². The number of benzene rings is 2. The van der Waals surface area contributed by atoms with Gasteiger partial charge in [-0.1, -0.05) is 24.3 Å². The number of hydrogen-bond donors (Lipinski definition) is 3. The van der Waals surface area contributed by atoms with E-state index in [1.54, 1.807) is 12.1 Å². The molecule has 0 aliphatic carbocycles. The predicted molar refractivity (Wildman–Crippen MR) is 154 cm³/mol. The van der Waals surface area contributed by atoms with Crippen LogP contribution in [-0.2, 0) is 37.5 Å². The second-order valence-electron chi connectivity index (χ2n) is 8.47. The van der Waals surface area contributed by atoms with Gasteiger partial charge in [0.1, 0.15) is 11.5 Å². The third-order valence-corrected chi connectivity index (χ3v) is 5.68. The zero-order valence-corrected chi connectivity index (χ0v) is 23.9. The van der Waals surface area contributed by atoms with Crippen LogP contribution in [0.2, 0.25) is 0 Å². The van der Waals surface area contributed by atoms with Crippen molar-refractivity contribution >= 4 is 50.0 Å². The largest absolute Gasteiger partial charge is 0.479 e. The van der Waals surface area contributed by atoms with E-state index in [-0.39, 0.29) is 13.2 Å². The Kier molecular flexibility index (Phi) is 12.9. The van der Waals surface area contributed by atoms with Crippen molar-refractivity contribution in [3.05, 3.63) is 59.0 Å². The fourth-order valence-corrected chi connectivity index (χ4v) is 4.00. The highest BCUT2D eigenvalue weighted by Crippen LogP contribution is 2.33. The van der Waals surface area contributed by atoms with E-state index in [1.807, 2.05) is 38.1 Å². The summed E-state index contributed by atoms with van der Waals surface area (Å²) in [4.78, 5) is 21.6. The van der Waals surface area contributed by atoms with Gasteiger partial charge in [0, 0.05) is 27.8 Å². The van der Waals surface area contributed by atoms with Crippen molar-refractivity contribution in [1.29, 1.82) is 0 Å². The van der Waals surface area contributed by atoms with Crippen molar-refractivity contribution in [1.82, 2.24) is 0 Å². The monoisotopic (exact) mass is 590 g/mol. The van der Waals surface area contributed by atoms with Crippen LogP contribution in [0.4, 0.5) is 0 Å². The highest BCUT2D eigenvalue weighted by atomic mass is 32.2. The lowest BCUT2D eigenvalue weighted by Crippen LogP contribution is -2.12. The molecule has 0 atom stereocenters. The molecule has 12 nitrogen and oxygen atoms in total. The van der Waals surface area contributed by atoms with Gasteiger partial charge in [0.2, 0.25) is 10.3 Å². The van der Waals surface area contributed by atoms with Crippen LogP contribution in [0, 0.1) is 13.8 Å². The molecular weight excluding hydrogens is 556 g/mol. The molecule has 0 fully saturated rings. The minimum atomic E-state index is -2.11. The van der Waals surface area contributed by atoms with Gasteiger partial charge in [-0.15, -0.1) is 0 Å². The highest BCUT2D eigenvalue weighted by molar-refractivity contribution is 7.70. The van der Waals surface area contributed by atoms with Crippen LogP contribution >= 0.6 is 0 Å². The van der Waals surface area contributed by atoms with Gasteiger partial charge >= 0.3 is 11.9 Å². The van der Waals surface area contributed by atoms with E-state index >= 15 is 0 Å². The maximum atomic E-state index is 11.1. The molecule has 0 saturated carbocycles. The predicted octanol–water partition coefficient (Wildman–Crippen LogP) is 2.80. The Morgan fingerprint density at radius 3 is 1.63 bits per heavy atom. The second kappa shape index (κ2) is 16.1. The number of ether oxygens (including phenoxy) is 3. The summed E-state index contributed by atoms with van der Waals surface area (Å²) in [6.45, 7) is 4.34. The molecule has 5 N–H and O–H groups in total. The molecule has 41 heavy (non-hydrogen) atoms. The molecule has 0 saturated heterocycles. The molecule has 0 radical (unpaired) electrons. The Morgan fingerprint density at radius 2 is 1.27 bits per heavy atom. The van der Waals surface area contributed by atoms with Crippen LogP contribution < -0.4 is 20.9 Å². The summed E-state index contributed by atoms with van der Waals surface area (Å²) in [5.41, 5.74) is 14.5. The number of para-hydroxylation sites is 2. The Balaban J connectivity index is 0.000000254. The van der Waals surface area contributed by atoms with Crippen molar-refractivity contribution in [2.75, 3.05) is 33.4 Å². The SMILES string of the molecule is C=S(=O)=O.COC(=O)COc1cccc2c(CCN)c(C)oc12.Cc1oc2c(OCC(=O)O)cccc2c1CCN.